The molecule has 0 saturated heterocycles. The molecular formula is C48H88NNaO13. The van der Waals surface area contributed by atoms with E-state index in [0.29, 0.717) is 119 Å². The van der Waals surface area contributed by atoms with Crippen LogP contribution in [0.5, 0.6) is 5.75 Å². The third-order valence-electron chi connectivity index (χ3n) is 9.61. The zero-order valence-electron chi connectivity index (χ0n) is 40.3. The maximum atomic E-state index is 11.5. The van der Waals surface area contributed by atoms with Crippen LogP contribution < -0.4 is 39.4 Å². The Hall–Kier alpha value is -1.40. The summed E-state index contributed by atoms with van der Waals surface area (Å²) in [4.78, 5) is 23.1. The monoisotopic (exact) mass is 910 g/mol. The van der Waals surface area contributed by atoms with Gasteiger partial charge in [0.1, 0.15) is 12.4 Å². The summed E-state index contributed by atoms with van der Waals surface area (Å²) >= 11 is 0. The number of hydrogen-bond donors (Lipinski definition) is 1. The molecule has 14 nitrogen and oxygen atoms in total. The molecule has 0 bridgehead atoms. The van der Waals surface area contributed by atoms with E-state index in [1.807, 2.05) is 0 Å². The fourth-order valence-corrected chi connectivity index (χ4v) is 6.02. The van der Waals surface area contributed by atoms with Gasteiger partial charge in [0.05, 0.1) is 125 Å². The maximum absolute atomic E-state index is 11.5. The molecule has 1 amide bonds. The van der Waals surface area contributed by atoms with Crippen molar-refractivity contribution in [2.24, 2.45) is 0 Å². The van der Waals surface area contributed by atoms with Crippen LogP contribution in [0.3, 0.4) is 0 Å². The molecule has 0 aliphatic carbocycles. The van der Waals surface area contributed by atoms with E-state index in [1.165, 1.54) is 107 Å². The van der Waals surface area contributed by atoms with Crippen LogP contribution in [0.1, 0.15) is 129 Å². The minimum atomic E-state index is -1.21. The normalized spacial score (nSPS) is 10.9. The molecule has 0 saturated carbocycles. The van der Waals surface area contributed by atoms with Gasteiger partial charge >= 0.3 is 29.6 Å². The number of ether oxygens (including phenoxy) is 9. The predicted molar refractivity (Wildman–Crippen MR) is 242 cm³/mol. The van der Waals surface area contributed by atoms with Crippen molar-refractivity contribution in [2.75, 3.05) is 133 Å². The van der Waals surface area contributed by atoms with Crippen molar-refractivity contribution in [3.63, 3.8) is 0 Å². The molecule has 0 aliphatic rings. The number of nitrogens with zero attached hydrogens (tertiary/aromatic N) is 1. The van der Waals surface area contributed by atoms with Gasteiger partial charge in [-0.15, -0.1) is 0 Å². The fraction of sp³-hybridized carbons (Fsp3) is 0.833. The number of likely N-dealkylation sites (N-methyl/N-ethyl adjacent to an activating group) is 1. The molecule has 364 valence electrons. The number of carbonyl (C=O) groups is 2. The Morgan fingerprint density at radius 1 is 0.492 bits per heavy atom. The maximum Gasteiger partial charge on any atom is 1.00 e. The number of carbonyl (C=O) groups excluding carboxylic acids is 2. The number of aryl methyl sites for hydroxylation is 1. The van der Waals surface area contributed by atoms with Crippen LogP contribution in [-0.4, -0.2) is 154 Å². The Labute approximate surface area is 404 Å². The van der Waals surface area contributed by atoms with E-state index in [9.17, 15) is 14.7 Å². The zero-order valence-corrected chi connectivity index (χ0v) is 42.3. The number of carboxylic acid groups (broad SMARTS) is 1. The van der Waals surface area contributed by atoms with Crippen LogP contribution in [0, 0.1) is 0 Å². The topological polar surface area (TPSA) is 164 Å². The second-order valence-corrected chi connectivity index (χ2v) is 15.2. The van der Waals surface area contributed by atoms with Crippen LogP contribution in [0.15, 0.2) is 24.3 Å². The number of benzene rings is 1. The second-order valence-electron chi connectivity index (χ2n) is 15.2. The van der Waals surface area contributed by atoms with Crippen LogP contribution in [0.2, 0.25) is 0 Å². The van der Waals surface area contributed by atoms with Crippen molar-refractivity contribution < 1.29 is 92.0 Å². The summed E-state index contributed by atoms with van der Waals surface area (Å²) in [5.74, 6) is -0.423. The summed E-state index contributed by atoms with van der Waals surface area (Å²) in [7, 11) is 1.51. The Bertz CT molecular complexity index is 1070. The van der Waals surface area contributed by atoms with E-state index < -0.39 is 5.97 Å². The Balaban J connectivity index is 0. The molecule has 0 fully saturated rings. The van der Waals surface area contributed by atoms with Crippen molar-refractivity contribution in [2.45, 2.75) is 129 Å². The SMILES string of the molecule is CCCCCCCCCCCC(=O)N(C)CC(=O)[O-].CCCCCCCCCc1ccc(OCCOCCOCCOCCOCCOCCOCCOCCOCCO)cc1.[Na+]. The summed E-state index contributed by atoms with van der Waals surface area (Å²) in [5, 5.41) is 18.9. The van der Waals surface area contributed by atoms with Gasteiger partial charge in [-0.3, -0.25) is 4.79 Å². The molecule has 0 unspecified atom stereocenters. The van der Waals surface area contributed by atoms with E-state index in [0.717, 1.165) is 25.0 Å². The molecule has 1 N–H and O–H groups in total. The molecule has 0 radical (unpaired) electrons. The average Bonchev–Trinajstić information content (AvgIpc) is 3.27. The van der Waals surface area contributed by atoms with Crippen LogP contribution in [0.25, 0.3) is 0 Å². The van der Waals surface area contributed by atoms with Gasteiger partial charge in [0.15, 0.2) is 0 Å². The first-order valence-electron chi connectivity index (χ1n) is 23.8. The number of aliphatic carboxylic acids is 1. The standard InChI is InChI=1S/C33H60O10.C15H29NO3.Na/c1-2-3-4-5-6-7-8-9-32-10-12-33(13-11-32)43-31-30-42-29-28-41-27-26-40-25-24-39-23-22-38-21-20-37-19-18-36-17-16-35-15-14-34;1-3-4-5-6-7-8-9-10-11-12-14(17)16(2)13-15(18)19;/h10-13,34H,2-9,14-31H2,1H3;3-13H2,1-2H3,(H,18,19);/q;;+1/p-1. The molecular weight excluding hydrogens is 822 g/mol. The summed E-state index contributed by atoms with van der Waals surface area (Å²) in [6, 6.07) is 8.45. The first-order chi connectivity index (χ1) is 30.4. The average molecular weight is 910 g/mol. The van der Waals surface area contributed by atoms with Crippen molar-refractivity contribution in [3.05, 3.63) is 29.8 Å². The number of rotatable bonds is 47. The van der Waals surface area contributed by atoms with Crippen LogP contribution in [0.4, 0.5) is 0 Å². The minimum absolute atomic E-state index is 0. The van der Waals surface area contributed by atoms with Gasteiger partial charge < -0.3 is 62.5 Å². The van der Waals surface area contributed by atoms with E-state index >= 15 is 0 Å². The van der Waals surface area contributed by atoms with Crippen LogP contribution >= 0.6 is 0 Å². The molecule has 1 aromatic carbocycles. The van der Waals surface area contributed by atoms with Crippen molar-refractivity contribution in [1.82, 2.24) is 4.90 Å². The minimum Gasteiger partial charge on any atom is -0.548 e. The van der Waals surface area contributed by atoms with Crippen LogP contribution in [-0.2, 0) is 53.9 Å². The number of amides is 1. The van der Waals surface area contributed by atoms with E-state index in [4.69, 9.17) is 47.7 Å². The van der Waals surface area contributed by atoms with E-state index in [-0.39, 0.29) is 48.6 Å². The van der Waals surface area contributed by atoms with E-state index in [1.54, 1.807) is 0 Å². The number of aliphatic hydroxyl groups excluding tert-OH is 1. The summed E-state index contributed by atoms with van der Waals surface area (Å²) in [5.41, 5.74) is 1.38. The molecule has 1 rings (SSSR count). The molecule has 0 aromatic heterocycles. The first kappa shape index (κ1) is 63.7. The first-order valence-corrected chi connectivity index (χ1v) is 23.8. The number of unbranched alkanes of at least 4 members (excludes halogenated alkanes) is 14. The van der Waals surface area contributed by atoms with Gasteiger partial charge in [-0.2, -0.15) is 0 Å². The number of carboxylic acids is 1. The summed E-state index contributed by atoms with van der Waals surface area (Å²) < 4.78 is 49.1. The third-order valence-corrected chi connectivity index (χ3v) is 9.61. The summed E-state index contributed by atoms with van der Waals surface area (Å²) in [6.45, 7) is 12.8. The number of hydrogen-bond acceptors (Lipinski definition) is 13. The zero-order chi connectivity index (χ0) is 45.2. The van der Waals surface area contributed by atoms with Gasteiger partial charge in [-0.25, -0.2) is 0 Å². The Morgan fingerprint density at radius 3 is 1.19 bits per heavy atom. The van der Waals surface area contributed by atoms with Gasteiger partial charge in [0.25, 0.3) is 0 Å². The van der Waals surface area contributed by atoms with Gasteiger partial charge in [0, 0.05) is 13.5 Å². The molecule has 1 aromatic rings. The van der Waals surface area contributed by atoms with Gasteiger partial charge in [-0.1, -0.05) is 116 Å². The third kappa shape index (κ3) is 49.9. The Morgan fingerprint density at radius 2 is 0.825 bits per heavy atom. The van der Waals surface area contributed by atoms with Crippen molar-refractivity contribution >= 4 is 11.9 Å². The molecule has 63 heavy (non-hydrogen) atoms. The Kier molecular flexibility index (Phi) is 53.8. The largest absolute Gasteiger partial charge is 1.00 e. The smallest absolute Gasteiger partial charge is 0.548 e. The van der Waals surface area contributed by atoms with Gasteiger partial charge in [-0.05, 0) is 37.0 Å². The van der Waals surface area contributed by atoms with Gasteiger partial charge in [0.2, 0.25) is 5.91 Å². The quantitative estimate of drug-likeness (QED) is 0.0747. The molecule has 0 spiro atoms. The van der Waals surface area contributed by atoms with Crippen molar-refractivity contribution in [3.8, 4) is 5.75 Å². The molecule has 0 heterocycles. The van der Waals surface area contributed by atoms with Crippen molar-refractivity contribution in [1.29, 1.82) is 0 Å². The summed E-state index contributed by atoms with van der Waals surface area (Å²) in [6.07, 6.45) is 21.8. The fourth-order valence-electron chi connectivity index (χ4n) is 6.02. The molecule has 0 aliphatic heterocycles. The molecule has 15 heteroatoms. The second kappa shape index (κ2) is 53.2. The van der Waals surface area contributed by atoms with E-state index in [2.05, 4.69) is 38.1 Å². The number of aliphatic hydroxyl groups is 1. The predicted octanol–water partition coefficient (Wildman–Crippen LogP) is 3.60. The molecule has 0 atom stereocenters.